The van der Waals surface area contributed by atoms with E-state index in [-0.39, 0.29) is 4.90 Å². The zero-order chi connectivity index (χ0) is 16.2. The Morgan fingerprint density at radius 1 is 1.27 bits per heavy atom. The van der Waals surface area contributed by atoms with Gasteiger partial charge in [-0.25, -0.2) is 8.42 Å². The third-order valence-corrected chi connectivity index (χ3v) is 5.10. The molecular formula is C14H20F2N2O3S. The molecule has 1 heterocycles. The van der Waals surface area contributed by atoms with Gasteiger partial charge in [0.15, 0.2) is 0 Å². The summed E-state index contributed by atoms with van der Waals surface area (Å²) >= 11 is 0. The Balaban J connectivity index is 2.11. The Morgan fingerprint density at radius 3 is 2.55 bits per heavy atom. The topological polar surface area (TPSA) is 49.9 Å². The highest BCUT2D eigenvalue weighted by Gasteiger charge is 2.29. The molecule has 0 saturated carbocycles. The number of alkyl halides is 2. The Bertz CT molecular complexity index is 590. The fourth-order valence-electron chi connectivity index (χ4n) is 2.35. The second-order valence-electron chi connectivity index (χ2n) is 5.15. The van der Waals surface area contributed by atoms with E-state index >= 15 is 0 Å². The predicted octanol–water partition coefficient (Wildman–Crippen LogP) is 1.45. The highest BCUT2D eigenvalue weighted by molar-refractivity contribution is 7.91. The molecule has 22 heavy (non-hydrogen) atoms. The smallest absolute Gasteiger partial charge is 0.341 e. The molecule has 0 atom stereocenters. The van der Waals surface area contributed by atoms with Gasteiger partial charge in [-0.15, -0.1) is 0 Å². The van der Waals surface area contributed by atoms with Crippen LogP contribution < -0.4 is 4.90 Å². The molecule has 8 heteroatoms. The first-order valence-corrected chi connectivity index (χ1v) is 8.60. The van der Waals surface area contributed by atoms with E-state index in [9.17, 15) is 17.2 Å². The van der Waals surface area contributed by atoms with E-state index in [1.807, 2.05) is 0 Å². The number of benzene rings is 1. The third kappa shape index (κ3) is 3.93. The lowest BCUT2D eigenvalue weighted by atomic mass is 10.3. The van der Waals surface area contributed by atoms with Crippen LogP contribution in [0.3, 0.4) is 0 Å². The van der Waals surface area contributed by atoms with Crippen LogP contribution in [0.15, 0.2) is 29.2 Å². The maximum Gasteiger partial charge on any atom is 0.341 e. The SMILES string of the molecule is CN(CCN1CCOCC1)c1ccccc1S(=O)(=O)C(F)F. The molecule has 5 nitrogen and oxygen atoms in total. The van der Waals surface area contributed by atoms with Crippen molar-refractivity contribution in [3.8, 4) is 0 Å². The number of ether oxygens (including phenoxy) is 1. The Hall–Kier alpha value is -1.25. The number of anilines is 1. The zero-order valence-electron chi connectivity index (χ0n) is 12.4. The maximum atomic E-state index is 12.8. The summed E-state index contributed by atoms with van der Waals surface area (Å²) in [4.78, 5) is 3.57. The first-order chi connectivity index (χ1) is 10.4. The molecule has 1 aliphatic heterocycles. The summed E-state index contributed by atoms with van der Waals surface area (Å²) in [6, 6.07) is 5.87. The Labute approximate surface area is 129 Å². The van der Waals surface area contributed by atoms with E-state index in [1.54, 1.807) is 24.1 Å². The number of hydrogen-bond donors (Lipinski definition) is 0. The molecule has 0 amide bonds. The zero-order valence-corrected chi connectivity index (χ0v) is 13.2. The number of para-hydroxylation sites is 1. The van der Waals surface area contributed by atoms with Crippen molar-refractivity contribution in [2.24, 2.45) is 0 Å². The van der Waals surface area contributed by atoms with Crippen LogP contribution in [0, 0.1) is 0 Å². The lowest BCUT2D eigenvalue weighted by Gasteiger charge is -2.29. The minimum absolute atomic E-state index is 0.302. The molecule has 1 saturated heterocycles. The summed E-state index contributed by atoms with van der Waals surface area (Å²) in [5.41, 5.74) is 0.302. The highest BCUT2D eigenvalue weighted by atomic mass is 32.2. The molecule has 1 aromatic carbocycles. The van der Waals surface area contributed by atoms with Gasteiger partial charge in [-0.2, -0.15) is 8.78 Å². The van der Waals surface area contributed by atoms with Crippen molar-refractivity contribution in [3.63, 3.8) is 0 Å². The normalized spacial score (nSPS) is 16.9. The molecule has 1 fully saturated rings. The first kappa shape index (κ1) is 17.1. The largest absolute Gasteiger partial charge is 0.379 e. The van der Waals surface area contributed by atoms with Crippen LogP contribution in [0.5, 0.6) is 0 Å². The van der Waals surface area contributed by atoms with Gasteiger partial charge in [0.1, 0.15) is 0 Å². The average Bonchev–Trinajstić information content (AvgIpc) is 2.53. The molecule has 0 bridgehead atoms. The second kappa shape index (κ2) is 7.34. The summed E-state index contributed by atoms with van der Waals surface area (Å²) in [5, 5.41) is 0. The molecule has 1 aliphatic rings. The number of hydrogen-bond acceptors (Lipinski definition) is 5. The number of rotatable bonds is 6. The minimum atomic E-state index is -4.60. The van der Waals surface area contributed by atoms with Crippen LogP contribution in [0.2, 0.25) is 0 Å². The van der Waals surface area contributed by atoms with Crippen molar-refractivity contribution in [1.82, 2.24) is 4.90 Å². The summed E-state index contributed by atoms with van der Waals surface area (Å²) in [5.74, 6) is -3.42. The van der Waals surface area contributed by atoms with Crippen molar-refractivity contribution in [3.05, 3.63) is 24.3 Å². The van der Waals surface area contributed by atoms with Crippen LogP contribution in [0.4, 0.5) is 14.5 Å². The number of likely N-dealkylation sites (N-methyl/N-ethyl adjacent to an activating group) is 1. The molecule has 0 unspecified atom stereocenters. The van der Waals surface area contributed by atoms with Gasteiger partial charge in [-0.3, -0.25) is 4.90 Å². The lowest BCUT2D eigenvalue weighted by Crippen LogP contribution is -2.40. The molecule has 124 valence electrons. The number of sulfone groups is 1. The standard InChI is InChI=1S/C14H20F2N2O3S/c1-17(6-7-18-8-10-21-11-9-18)12-4-2-3-5-13(12)22(19,20)14(15)16/h2-5,14H,6-11H2,1H3. The van der Waals surface area contributed by atoms with Gasteiger partial charge < -0.3 is 9.64 Å². The highest BCUT2D eigenvalue weighted by Crippen LogP contribution is 2.28. The van der Waals surface area contributed by atoms with Crippen molar-refractivity contribution >= 4 is 15.5 Å². The van der Waals surface area contributed by atoms with E-state index in [0.29, 0.717) is 25.4 Å². The lowest BCUT2D eigenvalue weighted by molar-refractivity contribution is 0.0393. The Kier molecular flexibility index (Phi) is 5.71. The second-order valence-corrected chi connectivity index (χ2v) is 7.04. The van der Waals surface area contributed by atoms with Gasteiger partial charge in [0.05, 0.1) is 23.8 Å². The summed E-state index contributed by atoms with van der Waals surface area (Å²) in [6.45, 7) is 4.29. The molecule has 0 N–H and O–H groups in total. The number of nitrogens with zero attached hydrogens (tertiary/aromatic N) is 2. The summed E-state index contributed by atoms with van der Waals surface area (Å²) in [6.07, 6.45) is 0. The molecule has 0 spiro atoms. The summed E-state index contributed by atoms with van der Waals surface area (Å²) < 4.78 is 54.4. The number of morpholine rings is 1. The summed E-state index contributed by atoms with van der Waals surface area (Å²) in [7, 11) is -2.90. The predicted molar refractivity (Wildman–Crippen MR) is 80.2 cm³/mol. The van der Waals surface area contributed by atoms with E-state index in [2.05, 4.69) is 4.90 Å². The quantitative estimate of drug-likeness (QED) is 0.788. The van der Waals surface area contributed by atoms with Gasteiger partial charge in [0, 0.05) is 33.2 Å². The van der Waals surface area contributed by atoms with Crippen LogP contribution in [0.1, 0.15) is 0 Å². The van der Waals surface area contributed by atoms with Crippen molar-refractivity contribution in [1.29, 1.82) is 0 Å². The molecule has 2 rings (SSSR count). The van der Waals surface area contributed by atoms with Gasteiger partial charge in [-0.05, 0) is 12.1 Å². The minimum Gasteiger partial charge on any atom is -0.379 e. The molecule has 0 radical (unpaired) electrons. The van der Waals surface area contributed by atoms with Gasteiger partial charge in [0.25, 0.3) is 0 Å². The fourth-order valence-corrected chi connectivity index (χ4v) is 3.32. The number of halogens is 2. The average molecular weight is 334 g/mol. The van der Waals surface area contributed by atoms with E-state index in [0.717, 1.165) is 19.6 Å². The van der Waals surface area contributed by atoms with Crippen molar-refractivity contribution in [2.45, 2.75) is 10.7 Å². The van der Waals surface area contributed by atoms with Crippen LogP contribution >= 0.6 is 0 Å². The monoisotopic (exact) mass is 334 g/mol. The fraction of sp³-hybridized carbons (Fsp3) is 0.571. The Morgan fingerprint density at radius 2 is 1.91 bits per heavy atom. The van der Waals surface area contributed by atoms with Crippen molar-refractivity contribution < 1.29 is 21.9 Å². The molecule has 0 aliphatic carbocycles. The van der Waals surface area contributed by atoms with E-state index in [1.165, 1.54) is 12.1 Å². The molecule has 1 aromatic rings. The molecular weight excluding hydrogens is 314 g/mol. The van der Waals surface area contributed by atoms with Gasteiger partial charge in [-0.1, -0.05) is 12.1 Å². The van der Waals surface area contributed by atoms with E-state index < -0.39 is 15.6 Å². The van der Waals surface area contributed by atoms with Gasteiger partial charge >= 0.3 is 5.76 Å². The maximum absolute atomic E-state index is 12.8. The first-order valence-electron chi connectivity index (χ1n) is 7.05. The van der Waals surface area contributed by atoms with Crippen LogP contribution in [0.25, 0.3) is 0 Å². The molecule has 0 aromatic heterocycles. The van der Waals surface area contributed by atoms with E-state index in [4.69, 9.17) is 4.74 Å². The van der Waals surface area contributed by atoms with Crippen molar-refractivity contribution in [2.75, 3.05) is 51.3 Å². The third-order valence-electron chi connectivity index (χ3n) is 3.67. The van der Waals surface area contributed by atoms with Crippen LogP contribution in [-0.2, 0) is 14.6 Å². The van der Waals surface area contributed by atoms with Crippen LogP contribution in [-0.4, -0.2) is 65.5 Å². The van der Waals surface area contributed by atoms with Gasteiger partial charge in [0.2, 0.25) is 9.84 Å².